The monoisotopic (exact) mass is 314 g/mol. The summed E-state index contributed by atoms with van der Waals surface area (Å²) >= 11 is 5.89. The van der Waals surface area contributed by atoms with E-state index in [-0.39, 0.29) is 17.4 Å². The van der Waals surface area contributed by atoms with Crippen LogP contribution in [0.15, 0.2) is 42.5 Å². The Balaban J connectivity index is 2.31. The maximum absolute atomic E-state index is 13.0. The summed E-state index contributed by atoms with van der Waals surface area (Å²) in [6.07, 6.45) is -4.47. The van der Waals surface area contributed by atoms with Gasteiger partial charge < -0.3 is 11.1 Å². The van der Waals surface area contributed by atoms with Crippen LogP contribution < -0.4 is 11.1 Å². The van der Waals surface area contributed by atoms with Gasteiger partial charge in [0.1, 0.15) is 0 Å². The summed E-state index contributed by atoms with van der Waals surface area (Å²) in [5.41, 5.74) is 5.52. The fraction of sp³-hybridized carbons (Fsp3) is 0.200. The predicted molar refractivity (Wildman–Crippen MR) is 79.3 cm³/mol. The number of nitrogen functional groups attached to an aromatic ring is 1. The van der Waals surface area contributed by atoms with Gasteiger partial charge in [0.2, 0.25) is 0 Å². The quantitative estimate of drug-likeness (QED) is 0.772. The largest absolute Gasteiger partial charge is 0.418 e. The Morgan fingerprint density at radius 3 is 2.48 bits per heavy atom. The molecule has 3 N–H and O–H groups in total. The Morgan fingerprint density at radius 2 is 1.86 bits per heavy atom. The number of nitrogens with one attached hydrogen (secondary N) is 1. The van der Waals surface area contributed by atoms with Crippen molar-refractivity contribution in [3.05, 3.63) is 58.6 Å². The minimum atomic E-state index is -4.47. The van der Waals surface area contributed by atoms with Crippen LogP contribution >= 0.6 is 11.6 Å². The van der Waals surface area contributed by atoms with Crippen LogP contribution in [-0.4, -0.2) is 0 Å². The Labute approximate surface area is 125 Å². The van der Waals surface area contributed by atoms with Gasteiger partial charge in [-0.25, -0.2) is 0 Å². The van der Waals surface area contributed by atoms with Gasteiger partial charge in [-0.1, -0.05) is 23.7 Å². The zero-order valence-electron chi connectivity index (χ0n) is 11.2. The molecule has 0 heterocycles. The molecule has 2 rings (SSSR count). The van der Waals surface area contributed by atoms with E-state index in [0.29, 0.717) is 5.02 Å². The molecule has 2 nitrogen and oxygen atoms in total. The van der Waals surface area contributed by atoms with Gasteiger partial charge in [-0.3, -0.25) is 0 Å². The first kappa shape index (κ1) is 15.5. The molecule has 112 valence electrons. The van der Waals surface area contributed by atoms with E-state index in [4.69, 9.17) is 17.3 Å². The van der Waals surface area contributed by atoms with Crippen molar-refractivity contribution in [2.45, 2.75) is 19.1 Å². The Morgan fingerprint density at radius 1 is 1.14 bits per heavy atom. The molecular weight excluding hydrogens is 301 g/mol. The highest BCUT2D eigenvalue weighted by molar-refractivity contribution is 6.30. The second kappa shape index (κ2) is 5.85. The molecule has 0 aliphatic rings. The number of halogens is 4. The third-order valence-electron chi connectivity index (χ3n) is 3.07. The Bertz CT molecular complexity index is 641. The third kappa shape index (κ3) is 3.82. The number of hydrogen-bond donors (Lipinski definition) is 2. The molecule has 2 aromatic rings. The molecule has 0 saturated heterocycles. The van der Waals surface area contributed by atoms with Gasteiger partial charge in [0.05, 0.1) is 5.56 Å². The molecule has 0 saturated carbocycles. The average molecular weight is 315 g/mol. The van der Waals surface area contributed by atoms with E-state index >= 15 is 0 Å². The molecule has 1 atom stereocenters. The lowest BCUT2D eigenvalue weighted by molar-refractivity contribution is -0.136. The minimum Gasteiger partial charge on any atom is -0.399 e. The van der Waals surface area contributed by atoms with E-state index in [1.165, 1.54) is 12.1 Å². The first-order valence-corrected chi connectivity index (χ1v) is 6.64. The zero-order valence-corrected chi connectivity index (χ0v) is 12.0. The summed E-state index contributed by atoms with van der Waals surface area (Å²) < 4.78 is 39.1. The van der Waals surface area contributed by atoms with E-state index in [9.17, 15) is 13.2 Å². The first-order valence-electron chi connectivity index (χ1n) is 6.26. The van der Waals surface area contributed by atoms with Gasteiger partial charge in [0.15, 0.2) is 0 Å². The van der Waals surface area contributed by atoms with Gasteiger partial charge in [-0.05, 0) is 42.8 Å². The molecule has 0 spiro atoms. The van der Waals surface area contributed by atoms with Crippen molar-refractivity contribution in [1.29, 1.82) is 0 Å². The van der Waals surface area contributed by atoms with Crippen molar-refractivity contribution in [2.75, 3.05) is 11.1 Å². The van der Waals surface area contributed by atoms with Crippen LogP contribution in [0.1, 0.15) is 24.1 Å². The second-order valence-corrected chi connectivity index (χ2v) is 5.16. The topological polar surface area (TPSA) is 38.0 Å². The van der Waals surface area contributed by atoms with Gasteiger partial charge in [-0.2, -0.15) is 13.2 Å². The van der Waals surface area contributed by atoms with Gasteiger partial charge in [0.25, 0.3) is 0 Å². The standard InChI is InChI=1S/C15H14ClF3N2/c1-9(10-3-2-4-11(16)7-10)21-14-6-5-12(20)8-13(14)15(17,18)19/h2-9,21H,20H2,1H3. The maximum atomic E-state index is 13.0. The van der Waals surface area contributed by atoms with E-state index < -0.39 is 11.7 Å². The number of hydrogen-bond acceptors (Lipinski definition) is 2. The summed E-state index contributed by atoms with van der Waals surface area (Å²) in [5.74, 6) is 0. The van der Waals surface area contributed by atoms with Crippen molar-refractivity contribution in [3.8, 4) is 0 Å². The van der Waals surface area contributed by atoms with E-state index in [2.05, 4.69) is 5.32 Å². The van der Waals surface area contributed by atoms with Crippen LogP contribution in [0, 0.1) is 0 Å². The molecule has 0 fully saturated rings. The number of anilines is 2. The molecule has 0 aromatic heterocycles. The number of nitrogens with two attached hydrogens (primary N) is 1. The van der Waals surface area contributed by atoms with Crippen molar-refractivity contribution < 1.29 is 13.2 Å². The fourth-order valence-electron chi connectivity index (χ4n) is 2.01. The first-order chi connectivity index (χ1) is 9.77. The van der Waals surface area contributed by atoms with Crippen LogP contribution in [0.25, 0.3) is 0 Å². The van der Waals surface area contributed by atoms with Crippen molar-refractivity contribution in [1.82, 2.24) is 0 Å². The predicted octanol–water partition coefficient (Wildman–Crippen LogP) is 5.11. The van der Waals surface area contributed by atoms with Crippen LogP contribution in [-0.2, 0) is 6.18 Å². The van der Waals surface area contributed by atoms with Gasteiger partial charge in [0, 0.05) is 22.4 Å². The highest BCUT2D eigenvalue weighted by Crippen LogP contribution is 2.37. The summed E-state index contributed by atoms with van der Waals surface area (Å²) in [6.45, 7) is 1.77. The lowest BCUT2D eigenvalue weighted by Gasteiger charge is -2.20. The minimum absolute atomic E-state index is 0.0100. The van der Waals surface area contributed by atoms with E-state index in [1.54, 1.807) is 31.2 Å². The highest BCUT2D eigenvalue weighted by Gasteiger charge is 2.34. The maximum Gasteiger partial charge on any atom is 0.418 e. The Kier molecular flexibility index (Phi) is 4.32. The second-order valence-electron chi connectivity index (χ2n) is 4.72. The third-order valence-corrected chi connectivity index (χ3v) is 3.30. The molecule has 6 heteroatoms. The van der Waals surface area contributed by atoms with Crippen LogP contribution in [0.5, 0.6) is 0 Å². The van der Waals surface area contributed by atoms with Gasteiger partial charge in [-0.15, -0.1) is 0 Å². The van der Waals surface area contributed by atoms with Crippen molar-refractivity contribution >= 4 is 23.0 Å². The normalized spacial score (nSPS) is 13.0. The molecule has 1 unspecified atom stereocenters. The summed E-state index contributed by atoms with van der Waals surface area (Å²) in [5, 5.41) is 3.39. The molecule has 0 bridgehead atoms. The molecular formula is C15H14ClF3N2. The van der Waals surface area contributed by atoms with Gasteiger partial charge >= 0.3 is 6.18 Å². The summed E-state index contributed by atoms with van der Waals surface area (Å²) in [7, 11) is 0. The Hall–Kier alpha value is -1.88. The van der Waals surface area contributed by atoms with E-state index in [1.807, 2.05) is 0 Å². The molecule has 0 radical (unpaired) electrons. The smallest absolute Gasteiger partial charge is 0.399 e. The number of benzene rings is 2. The lowest BCUT2D eigenvalue weighted by Crippen LogP contribution is -2.14. The summed E-state index contributed by atoms with van der Waals surface area (Å²) in [6, 6.07) is 10.3. The van der Waals surface area contributed by atoms with Crippen molar-refractivity contribution in [3.63, 3.8) is 0 Å². The molecule has 0 aliphatic heterocycles. The average Bonchev–Trinajstić information content (AvgIpc) is 2.39. The van der Waals surface area contributed by atoms with Crippen LogP contribution in [0.2, 0.25) is 5.02 Å². The highest BCUT2D eigenvalue weighted by atomic mass is 35.5. The number of rotatable bonds is 3. The molecule has 0 amide bonds. The number of alkyl halides is 3. The summed E-state index contributed by atoms with van der Waals surface area (Å²) in [4.78, 5) is 0. The SMILES string of the molecule is CC(Nc1ccc(N)cc1C(F)(F)F)c1cccc(Cl)c1. The van der Waals surface area contributed by atoms with E-state index in [0.717, 1.165) is 11.6 Å². The zero-order chi connectivity index (χ0) is 15.6. The van der Waals surface area contributed by atoms with Crippen LogP contribution in [0.3, 0.4) is 0 Å². The fourth-order valence-corrected chi connectivity index (χ4v) is 2.21. The van der Waals surface area contributed by atoms with Crippen LogP contribution in [0.4, 0.5) is 24.5 Å². The molecule has 21 heavy (non-hydrogen) atoms. The molecule has 2 aromatic carbocycles. The van der Waals surface area contributed by atoms with Crippen molar-refractivity contribution in [2.24, 2.45) is 0 Å². The lowest BCUT2D eigenvalue weighted by atomic mass is 10.1. The molecule has 0 aliphatic carbocycles.